The summed E-state index contributed by atoms with van der Waals surface area (Å²) in [7, 11) is 0. The monoisotopic (exact) mass is 1060 g/mol. The van der Waals surface area contributed by atoms with Crippen LogP contribution in [0.5, 0.6) is 0 Å². The number of aliphatic carboxylic acids is 1. The van der Waals surface area contributed by atoms with Crippen LogP contribution in [0.4, 0.5) is 0 Å². The van der Waals surface area contributed by atoms with E-state index >= 15 is 0 Å². The Morgan fingerprint density at radius 3 is 1.73 bits per heavy atom. The van der Waals surface area contributed by atoms with Crippen molar-refractivity contribution in [3.8, 4) is 11.1 Å². The summed E-state index contributed by atoms with van der Waals surface area (Å²) in [6.45, 7) is 9.14. The predicted octanol–water partition coefficient (Wildman–Crippen LogP) is 0.495. The van der Waals surface area contributed by atoms with Gasteiger partial charge in [0.15, 0.2) is 0 Å². The number of nitrogens with one attached hydrogen (secondary N) is 6. The molecule has 7 N–H and O–H groups in total. The minimum Gasteiger partial charge on any atom is -0.481 e. The first-order chi connectivity index (χ1) is 25.8. The van der Waals surface area contributed by atoms with Crippen LogP contribution in [0.25, 0.3) is 11.1 Å². The molecule has 17 heteroatoms. The fraction of sp³-hybridized carbons (Fsp3) is 0.308. The van der Waals surface area contributed by atoms with Gasteiger partial charge in [0.2, 0.25) is 23.6 Å². The predicted molar refractivity (Wildman–Crippen MR) is 201 cm³/mol. The van der Waals surface area contributed by atoms with Gasteiger partial charge >= 0.3 is 5.97 Å². The van der Waals surface area contributed by atoms with Crippen LogP contribution in [-0.2, 0) is 53.1 Å². The number of carboxylic acid groups (broad SMARTS) is 1. The molecule has 3 aromatic rings. The largest absolute Gasteiger partial charge is 0.481 e. The summed E-state index contributed by atoms with van der Waals surface area (Å²) in [4.78, 5) is 87.0. The Morgan fingerprint density at radius 1 is 0.643 bits per heavy atom. The first-order valence-electron chi connectivity index (χ1n) is 17.3. The van der Waals surface area contributed by atoms with E-state index in [-0.39, 0.29) is 125 Å². The molecule has 56 heavy (non-hydrogen) atoms. The molecule has 0 radical (unpaired) electrons. The summed E-state index contributed by atoms with van der Waals surface area (Å²) < 4.78 is 0. The molecule has 0 saturated heterocycles. The van der Waals surface area contributed by atoms with Gasteiger partial charge in [-0.15, -0.1) is 0 Å². The average Bonchev–Trinajstić information content (AvgIpc) is 3.12. The summed E-state index contributed by atoms with van der Waals surface area (Å²) in [5, 5.41) is 25.2. The van der Waals surface area contributed by atoms with Gasteiger partial charge in [-0.05, 0) is 27.8 Å². The van der Waals surface area contributed by atoms with Crippen molar-refractivity contribution in [1.82, 2.24) is 36.8 Å². The maximum Gasteiger partial charge on any atom is 0.305 e. The van der Waals surface area contributed by atoms with Gasteiger partial charge in [0.1, 0.15) is 12.1 Å². The third-order valence-corrected chi connectivity index (χ3v) is 8.02. The van der Waals surface area contributed by atoms with E-state index in [1.165, 1.54) is 6.92 Å². The smallest absolute Gasteiger partial charge is 0.305 e. The number of benzene rings is 3. The van der Waals surface area contributed by atoms with E-state index in [2.05, 4.69) is 45.7 Å². The Labute approximate surface area is 391 Å². The maximum absolute atomic E-state index is 13.4. The molecule has 0 heterocycles. The second kappa shape index (κ2) is 27.0. The van der Waals surface area contributed by atoms with E-state index in [9.17, 15) is 38.7 Å². The molecule has 0 aromatic heterocycles. The van der Waals surface area contributed by atoms with E-state index in [1.807, 2.05) is 54.6 Å². The van der Waals surface area contributed by atoms with Gasteiger partial charge in [0.05, 0.1) is 24.8 Å². The van der Waals surface area contributed by atoms with Crippen molar-refractivity contribution >= 4 is 41.4 Å². The fourth-order valence-corrected chi connectivity index (χ4v) is 5.41. The topological polar surface area (TPSA) is 215 Å². The summed E-state index contributed by atoms with van der Waals surface area (Å²) in [5.74, 6) is -4.42. The van der Waals surface area contributed by atoms with Crippen LogP contribution >= 0.6 is 0 Å². The Morgan fingerprint density at radius 2 is 1.20 bits per heavy atom. The van der Waals surface area contributed by atoms with E-state index < -0.39 is 54.0 Å². The SMILES string of the molecule is [CH2-]C(=O)NCCN(CCNC([CH2-])=O)CC(=O)NCc1cccc(CNC(=O)[C@H](CC(=O)O)NC(=O)[C@H](Cc2ccc(-c3ccccc3)cc2)NC(C)=O)c1.[Gd].[Gd]. The number of rotatable bonds is 21. The van der Waals surface area contributed by atoms with Crippen molar-refractivity contribution in [3.63, 3.8) is 0 Å². The molecule has 0 unspecified atom stereocenters. The van der Waals surface area contributed by atoms with Crippen molar-refractivity contribution in [1.29, 1.82) is 0 Å². The van der Waals surface area contributed by atoms with E-state index in [0.29, 0.717) is 18.7 Å². The first-order valence-corrected chi connectivity index (χ1v) is 17.3. The third kappa shape index (κ3) is 19.9. The zero-order chi connectivity index (χ0) is 39.5. The van der Waals surface area contributed by atoms with Crippen LogP contribution in [0.15, 0.2) is 78.9 Å². The van der Waals surface area contributed by atoms with Crippen molar-refractivity contribution in [2.45, 2.75) is 44.9 Å². The summed E-state index contributed by atoms with van der Waals surface area (Å²) in [5.41, 5.74) is 4.11. The maximum atomic E-state index is 13.4. The van der Waals surface area contributed by atoms with Crippen LogP contribution in [0.1, 0.15) is 30.0 Å². The van der Waals surface area contributed by atoms with Gasteiger partial charge in [-0.1, -0.05) is 78.9 Å². The zero-order valence-corrected chi connectivity index (χ0v) is 35.4. The van der Waals surface area contributed by atoms with Crippen molar-refractivity contribution in [2.75, 3.05) is 32.7 Å². The molecule has 3 aromatic carbocycles. The molecule has 0 spiro atoms. The number of carbonyl (C=O) groups is 7. The van der Waals surface area contributed by atoms with Gasteiger partial charge in [-0.25, -0.2) is 0 Å². The van der Waals surface area contributed by atoms with Gasteiger partial charge < -0.3 is 60.4 Å². The number of hydrogen-bond acceptors (Lipinski definition) is 8. The molecule has 0 aliphatic heterocycles. The van der Waals surface area contributed by atoms with E-state index in [1.54, 1.807) is 29.2 Å². The molecule has 0 saturated carbocycles. The normalized spacial score (nSPS) is 11.3. The zero-order valence-electron chi connectivity index (χ0n) is 30.9. The Hall–Kier alpha value is -3.70. The second-order valence-electron chi connectivity index (χ2n) is 12.5. The standard InChI is InChI=1S/C39H47N7O8.2Gd/c1-26(47)40-16-18-46(19-17-41-27(2)48)25-36(50)42-23-30-8-7-9-31(20-30)24-43-38(53)35(22-37(51)52)45-39(54)34(44-28(3)49)21-29-12-14-33(15-13-29)32-10-5-4-6-11-32;;/h4-15,20,34-35H,1-2,16-19,21-25H2,3H3,(H,40,47)(H,41,48)(H,42,50)(H,43,53)(H,44,49)(H,45,54)(H,51,52);;/q-2;;/t34-,35-;;/m0../s1. The van der Waals surface area contributed by atoms with Crippen LogP contribution in [0.2, 0.25) is 0 Å². The Bertz CT molecular complexity index is 1740. The van der Waals surface area contributed by atoms with Gasteiger partial charge in [-0.2, -0.15) is 0 Å². The quantitative estimate of drug-likeness (QED) is 0.0740. The number of hydrogen-bond donors (Lipinski definition) is 7. The molecular weight excluding hydrogens is 1010 g/mol. The van der Waals surface area contributed by atoms with Crippen LogP contribution in [-0.4, -0.2) is 96.2 Å². The average molecular weight is 1060 g/mol. The van der Waals surface area contributed by atoms with Crippen LogP contribution in [0.3, 0.4) is 0 Å². The molecule has 0 bridgehead atoms. The second-order valence-corrected chi connectivity index (χ2v) is 12.5. The minimum atomic E-state index is -1.43. The number of carboxylic acids is 1. The molecule has 0 aliphatic rings. The summed E-state index contributed by atoms with van der Waals surface area (Å²) in [6.07, 6.45) is -0.588. The number of nitrogens with zero attached hydrogens (tertiary/aromatic N) is 1. The molecule has 304 valence electrons. The Balaban J connectivity index is 0.00000784. The fourth-order valence-electron chi connectivity index (χ4n) is 5.41. The molecule has 6 amide bonds. The molecule has 2 atom stereocenters. The first kappa shape index (κ1) is 50.3. The van der Waals surface area contributed by atoms with Crippen LogP contribution in [0, 0.1) is 93.7 Å². The molecule has 15 nitrogen and oxygen atoms in total. The van der Waals surface area contributed by atoms with Gasteiger partial charge in [-0.3, -0.25) is 28.9 Å². The van der Waals surface area contributed by atoms with E-state index in [4.69, 9.17) is 0 Å². The van der Waals surface area contributed by atoms with Crippen molar-refractivity contribution < 1.29 is 119 Å². The van der Waals surface area contributed by atoms with Crippen molar-refractivity contribution in [2.24, 2.45) is 0 Å². The number of amides is 6. The van der Waals surface area contributed by atoms with Gasteiger partial charge in [0.25, 0.3) is 0 Å². The Kier molecular flexibility index (Phi) is 24.3. The van der Waals surface area contributed by atoms with Crippen LogP contribution < -0.4 is 31.9 Å². The molecule has 0 aliphatic carbocycles. The van der Waals surface area contributed by atoms with E-state index in [0.717, 1.165) is 22.3 Å². The molecule has 3 rings (SSSR count). The van der Waals surface area contributed by atoms with Crippen molar-refractivity contribution in [3.05, 3.63) is 109 Å². The summed E-state index contributed by atoms with van der Waals surface area (Å²) in [6, 6.07) is 21.7. The number of carbonyl (C=O) groups excluding carboxylic acids is 6. The molecule has 0 fully saturated rings. The molecular formula is C39H47Gd2N7O8-2. The third-order valence-electron chi connectivity index (χ3n) is 8.02. The van der Waals surface area contributed by atoms with Gasteiger partial charge in [0, 0.05) is 132 Å². The minimum absolute atomic E-state index is 0. The summed E-state index contributed by atoms with van der Waals surface area (Å²) >= 11 is 0.